The van der Waals surface area contributed by atoms with Crippen LogP contribution < -0.4 is 4.74 Å². The monoisotopic (exact) mass is 329 g/mol. The molecule has 0 aliphatic carbocycles. The van der Waals surface area contributed by atoms with Gasteiger partial charge in [0.2, 0.25) is 0 Å². The summed E-state index contributed by atoms with van der Waals surface area (Å²) in [6.45, 7) is -0.00590. The molecule has 2 aromatic rings. The van der Waals surface area contributed by atoms with E-state index in [1.54, 1.807) is 24.3 Å². The first kappa shape index (κ1) is 14.3. The number of carbonyl (C=O) groups excluding carboxylic acids is 1. The largest absolute Gasteiger partial charge is 0.485 e. The summed E-state index contributed by atoms with van der Waals surface area (Å²) in [5.74, 6) is 0.544. The average molecular weight is 330 g/mol. The van der Waals surface area contributed by atoms with Crippen LogP contribution in [0.5, 0.6) is 5.75 Å². The summed E-state index contributed by atoms with van der Waals surface area (Å²) in [5, 5.41) is 8.58. The highest BCUT2D eigenvalue weighted by atomic mass is 79.9. The van der Waals surface area contributed by atoms with E-state index in [-0.39, 0.29) is 12.4 Å². The van der Waals surface area contributed by atoms with E-state index < -0.39 is 0 Å². The maximum atomic E-state index is 12.0. The van der Waals surface area contributed by atoms with Crippen molar-refractivity contribution in [3.8, 4) is 11.8 Å². The second kappa shape index (κ2) is 6.88. The summed E-state index contributed by atoms with van der Waals surface area (Å²) < 4.78 is 6.31. The van der Waals surface area contributed by atoms with Crippen LogP contribution >= 0.6 is 15.9 Å². The lowest BCUT2D eigenvalue weighted by molar-refractivity contribution is 0.0921. The smallest absolute Gasteiger partial charge is 0.200 e. The van der Waals surface area contributed by atoms with Gasteiger partial charge in [-0.05, 0) is 29.8 Å². The molecule has 100 valence electrons. The highest BCUT2D eigenvalue weighted by molar-refractivity contribution is 9.10. The minimum Gasteiger partial charge on any atom is -0.485 e. The summed E-state index contributed by atoms with van der Waals surface area (Å²) in [7, 11) is 0. The van der Waals surface area contributed by atoms with Gasteiger partial charge in [-0.15, -0.1) is 0 Å². The number of hydrogen-bond acceptors (Lipinski definition) is 3. The molecule has 0 atom stereocenters. The second-order valence-electron chi connectivity index (χ2n) is 4.20. The zero-order chi connectivity index (χ0) is 14.4. The number of benzene rings is 2. The van der Waals surface area contributed by atoms with E-state index in [0.717, 1.165) is 10.0 Å². The minimum atomic E-state index is -0.0765. The predicted octanol–water partition coefficient (Wildman–Crippen LogP) is 3.78. The number of nitriles is 1. The molecule has 0 fully saturated rings. The molecule has 20 heavy (non-hydrogen) atoms. The van der Waals surface area contributed by atoms with Crippen molar-refractivity contribution >= 4 is 21.7 Å². The molecule has 3 nitrogen and oxygen atoms in total. The van der Waals surface area contributed by atoms with Gasteiger partial charge in [0.05, 0.1) is 12.5 Å². The zero-order valence-corrected chi connectivity index (χ0v) is 12.3. The standard InChI is InChI=1S/C16H12BrNO2/c17-14-3-1-2-13(10-14)16(19)11-20-15-6-4-12(5-7-15)8-9-18/h1-7,10H,8,11H2. The number of nitrogens with zero attached hydrogens (tertiary/aromatic N) is 1. The zero-order valence-electron chi connectivity index (χ0n) is 10.7. The van der Waals surface area contributed by atoms with E-state index in [0.29, 0.717) is 17.7 Å². The molecule has 0 unspecified atom stereocenters. The lowest BCUT2D eigenvalue weighted by Crippen LogP contribution is -2.11. The summed E-state index contributed by atoms with van der Waals surface area (Å²) in [6.07, 6.45) is 0.372. The predicted molar refractivity (Wildman–Crippen MR) is 79.7 cm³/mol. The third kappa shape index (κ3) is 3.94. The van der Waals surface area contributed by atoms with Crippen LogP contribution in [0.1, 0.15) is 15.9 Å². The number of ketones is 1. The highest BCUT2D eigenvalue weighted by Crippen LogP contribution is 2.15. The van der Waals surface area contributed by atoms with Gasteiger partial charge in [-0.3, -0.25) is 4.79 Å². The van der Waals surface area contributed by atoms with E-state index in [1.165, 1.54) is 0 Å². The molecule has 4 heteroatoms. The molecule has 2 aromatic carbocycles. The first-order chi connectivity index (χ1) is 9.69. The Morgan fingerprint density at radius 3 is 2.60 bits per heavy atom. The molecular formula is C16H12BrNO2. The van der Waals surface area contributed by atoms with Gasteiger partial charge in [-0.25, -0.2) is 0 Å². The van der Waals surface area contributed by atoms with Crippen molar-refractivity contribution in [2.75, 3.05) is 6.61 Å². The van der Waals surface area contributed by atoms with Gasteiger partial charge in [0.25, 0.3) is 0 Å². The molecule has 0 radical (unpaired) electrons. The van der Waals surface area contributed by atoms with E-state index in [1.807, 2.05) is 24.3 Å². The van der Waals surface area contributed by atoms with Crippen molar-refractivity contribution in [2.24, 2.45) is 0 Å². The van der Waals surface area contributed by atoms with Gasteiger partial charge in [0.1, 0.15) is 5.75 Å². The summed E-state index contributed by atoms with van der Waals surface area (Å²) in [6, 6.07) is 16.5. The van der Waals surface area contributed by atoms with Crippen LogP contribution in [-0.4, -0.2) is 12.4 Å². The van der Waals surface area contributed by atoms with Gasteiger partial charge in [-0.1, -0.05) is 40.2 Å². The molecule has 0 heterocycles. The Balaban J connectivity index is 1.95. The summed E-state index contributed by atoms with van der Waals surface area (Å²) in [5.41, 5.74) is 1.54. The summed E-state index contributed by atoms with van der Waals surface area (Å²) >= 11 is 3.33. The fourth-order valence-corrected chi connectivity index (χ4v) is 2.09. The molecule has 0 amide bonds. The number of carbonyl (C=O) groups is 1. The first-order valence-electron chi connectivity index (χ1n) is 6.06. The molecule has 0 saturated carbocycles. The van der Waals surface area contributed by atoms with Crippen LogP contribution in [0.4, 0.5) is 0 Å². The first-order valence-corrected chi connectivity index (χ1v) is 6.86. The van der Waals surface area contributed by atoms with Crippen molar-refractivity contribution in [2.45, 2.75) is 6.42 Å². The Kier molecular flexibility index (Phi) is 4.91. The molecule has 0 N–H and O–H groups in total. The topological polar surface area (TPSA) is 50.1 Å². The van der Waals surface area contributed by atoms with E-state index in [2.05, 4.69) is 22.0 Å². The molecule has 0 aliphatic heterocycles. The Labute approximate surface area is 125 Å². The number of Topliss-reactive ketones (excluding diaryl/α,β-unsaturated/α-hetero) is 1. The molecule has 0 bridgehead atoms. The molecule has 0 saturated heterocycles. The molecule has 0 aliphatic rings. The van der Waals surface area contributed by atoms with Crippen molar-refractivity contribution in [1.29, 1.82) is 5.26 Å². The van der Waals surface area contributed by atoms with Crippen molar-refractivity contribution < 1.29 is 9.53 Å². The quantitative estimate of drug-likeness (QED) is 0.784. The highest BCUT2D eigenvalue weighted by Gasteiger charge is 2.07. The Bertz CT molecular complexity index is 644. The Hall–Kier alpha value is -2.12. The lowest BCUT2D eigenvalue weighted by atomic mass is 10.1. The average Bonchev–Trinajstić information content (AvgIpc) is 2.46. The van der Waals surface area contributed by atoms with Crippen LogP contribution in [0.15, 0.2) is 53.0 Å². The third-order valence-corrected chi connectivity index (χ3v) is 3.22. The van der Waals surface area contributed by atoms with Crippen molar-refractivity contribution in [3.05, 3.63) is 64.1 Å². The minimum absolute atomic E-state index is 0.00590. The van der Waals surface area contributed by atoms with Crippen molar-refractivity contribution in [3.63, 3.8) is 0 Å². The molecule has 2 rings (SSSR count). The van der Waals surface area contributed by atoms with Gasteiger partial charge >= 0.3 is 0 Å². The van der Waals surface area contributed by atoms with Crippen LogP contribution in [-0.2, 0) is 6.42 Å². The molecule has 0 aromatic heterocycles. The maximum absolute atomic E-state index is 12.0. The summed E-state index contributed by atoms with van der Waals surface area (Å²) in [4.78, 5) is 12.0. The normalized spacial score (nSPS) is 9.80. The van der Waals surface area contributed by atoms with Crippen LogP contribution in [0.2, 0.25) is 0 Å². The second-order valence-corrected chi connectivity index (χ2v) is 5.12. The van der Waals surface area contributed by atoms with Gasteiger partial charge < -0.3 is 4.74 Å². The fraction of sp³-hybridized carbons (Fsp3) is 0.125. The fourth-order valence-electron chi connectivity index (χ4n) is 1.69. The van der Waals surface area contributed by atoms with Gasteiger partial charge in [0.15, 0.2) is 12.4 Å². The van der Waals surface area contributed by atoms with E-state index in [9.17, 15) is 4.79 Å². The van der Waals surface area contributed by atoms with Crippen molar-refractivity contribution in [1.82, 2.24) is 0 Å². The van der Waals surface area contributed by atoms with Gasteiger partial charge in [-0.2, -0.15) is 5.26 Å². The van der Waals surface area contributed by atoms with E-state index in [4.69, 9.17) is 10.00 Å². The number of hydrogen-bond donors (Lipinski definition) is 0. The lowest BCUT2D eigenvalue weighted by Gasteiger charge is -2.06. The van der Waals surface area contributed by atoms with E-state index >= 15 is 0 Å². The van der Waals surface area contributed by atoms with Crippen LogP contribution in [0.3, 0.4) is 0 Å². The maximum Gasteiger partial charge on any atom is 0.200 e. The number of rotatable bonds is 5. The van der Waals surface area contributed by atoms with Crippen LogP contribution in [0, 0.1) is 11.3 Å². The number of halogens is 1. The van der Waals surface area contributed by atoms with Gasteiger partial charge in [0, 0.05) is 10.0 Å². The Morgan fingerprint density at radius 1 is 1.20 bits per heavy atom. The SMILES string of the molecule is N#CCc1ccc(OCC(=O)c2cccc(Br)c2)cc1. The Morgan fingerprint density at radius 2 is 1.95 bits per heavy atom. The molecular weight excluding hydrogens is 318 g/mol. The molecule has 0 spiro atoms. The third-order valence-electron chi connectivity index (χ3n) is 2.72. The number of ether oxygens (including phenoxy) is 1. The van der Waals surface area contributed by atoms with Crippen LogP contribution in [0.25, 0.3) is 0 Å².